The van der Waals surface area contributed by atoms with Crippen LogP contribution in [0.25, 0.3) is 0 Å². The Hall–Kier alpha value is -2.77. The Kier molecular flexibility index (Phi) is 6.53. The second kappa shape index (κ2) is 8.93. The van der Waals surface area contributed by atoms with Crippen LogP contribution in [0.3, 0.4) is 0 Å². The summed E-state index contributed by atoms with van der Waals surface area (Å²) in [6, 6.07) is 17.7. The minimum Gasteiger partial charge on any atom is -0.322 e. The monoisotopic (exact) mass is 440 g/mol. The zero-order chi connectivity index (χ0) is 21.9. The third kappa shape index (κ3) is 5.23. The van der Waals surface area contributed by atoms with Crippen molar-refractivity contribution < 1.29 is 13.2 Å². The van der Waals surface area contributed by atoms with Gasteiger partial charge >= 0.3 is 0 Å². The molecule has 0 aromatic heterocycles. The van der Waals surface area contributed by atoms with Crippen LogP contribution in [0.15, 0.2) is 70.5 Å². The van der Waals surface area contributed by atoms with Crippen molar-refractivity contribution in [1.29, 1.82) is 0 Å². The number of hydrogen-bond acceptors (Lipinski definition) is 4. The summed E-state index contributed by atoms with van der Waals surface area (Å²) in [6.45, 7) is 5.53. The van der Waals surface area contributed by atoms with Crippen LogP contribution < -0.4 is 10.0 Å². The van der Waals surface area contributed by atoms with Crippen LogP contribution in [0.1, 0.15) is 27.0 Å². The van der Waals surface area contributed by atoms with Gasteiger partial charge in [0.25, 0.3) is 15.9 Å². The Morgan fingerprint density at radius 2 is 1.57 bits per heavy atom. The Morgan fingerprint density at radius 3 is 2.23 bits per heavy atom. The van der Waals surface area contributed by atoms with Crippen molar-refractivity contribution in [3.63, 3.8) is 0 Å². The predicted molar refractivity (Wildman–Crippen MR) is 124 cm³/mol. The van der Waals surface area contributed by atoms with Gasteiger partial charge in [-0.05, 0) is 86.2 Å². The number of nitrogens with one attached hydrogen (secondary N) is 2. The molecule has 0 aliphatic heterocycles. The summed E-state index contributed by atoms with van der Waals surface area (Å²) in [6.07, 6.45) is 1.96. The maximum Gasteiger partial charge on any atom is 0.262 e. The summed E-state index contributed by atoms with van der Waals surface area (Å²) in [4.78, 5) is 13.8. The van der Waals surface area contributed by atoms with Gasteiger partial charge in [-0.15, -0.1) is 11.8 Å². The third-order valence-electron chi connectivity index (χ3n) is 4.54. The lowest BCUT2D eigenvalue weighted by molar-refractivity contribution is 0.102. The van der Waals surface area contributed by atoms with Gasteiger partial charge in [-0.2, -0.15) is 0 Å². The van der Waals surface area contributed by atoms with E-state index in [1.54, 1.807) is 49.0 Å². The Labute approximate surface area is 182 Å². The van der Waals surface area contributed by atoms with Crippen molar-refractivity contribution in [2.75, 3.05) is 16.3 Å². The number of anilines is 2. The molecule has 0 heterocycles. The Bertz CT molecular complexity index is 1180. The lowest BCUT2D eigenvalue weighted by Gasteiger charge is -2.13. The lowest BCUT2D eigenvalue weighted by Crippen LogP contribution is -2.17. The van der Waals surface area contributed by atoms with Crippen LogP contribution in [-0.4, -0.2) is 20.6 Å². The molecule has 2 N–H and O–H groups in total. The van der Waals surface area contributed by atoms with Crippen LogP contribution in [0.2, 0.25) is 0 Å². The molecule has 0 fully saturated rings. The molecule has 0 aliphatic carbocycles. The highest BCUT2D eigenvalue weighted by Gasteiger charge is 2.20. The van der Waals surface area contributed by atoms with E-state index in [4.69, 9.17) is 0 Å². The quantitative estimate of drug-likeness (QED) is 0.504. The highest BCUT2D eigenvalue weighted by Crippen LogP contribution is 2.24. The van der Waals surface area contributed by atoms with Gasteiger partial charge in [0, 0.05) is 21.8 Å². The molecule has 0 unspecified atom stereocenters. The summed E-state index contributed by atoms with van der Waals surface area (Å²) in [7, 11) is -3.85. The second-order valence-electron chi connectivity index (χ2n) is 7.15. The number of aryl methyl sites for hydroxylation is 3. The van der Waals surface area contributed by atoms with Gasteiger partial charge in [0.1, 0.15) is 0 Å². The highest BCUT2D eigenvalue weighted by molar-refractivity contribution is 7.98. The predicted octanol–water partition coefficient (Wildman–Crippen LogP) is 5.39. The van der Waals surface area contributed by atoms with E-state index in [1.165, 1.54) is 6.07 Å². The number of amides is 1. The van der Waals surface area contributed by atoms with Crippen molar-refractivity contribution in [2.24, 2.45) is 0 Å². The maximum atomic E-state index is 13.0. The van der Waals surface area contributed by atoms with Gasteiger partial charge in [-0.1, -0.05) is 18.2 Å². The molecule has 156 valence electrons. The van der Waals surface area contributed by atoms with Crippen LogP contribution in [-0.2, 0) is 10.0 Å². The number of sulfonamides is 1. The average Bonchev–Trinajstić information content (AvgIpc) is 2.67. The van der Waals surface area contributed by atoms with Gasteiger partial charge in [-0.3, -0.25) is 9.52 Å². The zero-order valence-corrected chi connectivity index (χ0v) is 18.9. The molecular formula is C23H24N2O3S2. The van der Waals surface area contributed by atoms with E-state index in [9.17, 15) is 13.2 Å². The summed E-state index contributed by atoms with van der Waals surface area (Å²) >= 11 is 1.58. The molecule has 0 saturated carbocycles. The molecule has 0 saturated heterocycles. The molecule has 30 heavy (non-hydrogen) atoms. The van der Waals surface area contributed by atoms with Gasteiger partial charge in [-0.25, -0.2) is 8.42 Å². The topological polar surface area (TPSA) is 75.3 Å². The summed E-state index contributed by atoms with van der Waals surface area (Å²) < 4.78 is 28.7. The van der Waals surface area contributed by atoms with Gasteiger partial charge in [0.2, 0.25) is 0 Å². The lowest BCUT2D eigenvalue weighted by atomic mass is 10.1. The Morgan fingerprint density at radius 1 is 0.867 bits per heavy atom. The zero-order valence-electron chi connectivity index (χ0n) is 17.3. The minimum atomic E-state index is -3.85. The average molecular weight is 441 g/mol. The molecule has 0 spiro atoms. The molecule has 0 atom stereocenters. The molecular weight excluding hydrogens is 416 g/mol. The highest BCUT2D eigenvalue weighted by atomic mass is 32.2. The fourth-order valence-electron chi connectivity index (χ4n) is 3.18. The van der Waals surface area contributed by atoms with Crippen molar-refractivity contribution in [3.05, 3.63) is 82.9 Å². The standard InChI is InChI=1S/C23H24N2O3S2/c1-15-10-16(2)12-20(11-15)25-30(27,28)22-13-18(9-8-17(22)3)23(26)24-19-6-5-7-21(14-19)29-4/h5-14,25H,1-4H3,(H,24,26). The SMILES string of the molecule is CSc1cccc(NC(=O)c2ccc(C)c(S(=O)(=O)Nc3cc(C)cc(C)c3)c2)c1. The van der Waals surface area contributed by atoms with Gasteiger partial charge < -0.3 is 5.32 Å². The third-order valence-corrected chi connectivity index (χ3v) is 6.79. The van der Waals surface area contributed by atoms with Gasteiger partial charge in [0.05, 0.1) is 4.90 Å². The fraction of sp³-hybridized carbons (Fsp3) is 0.174. The molecule has 3 rings (SSSR count). The van der Waals surface area contributed by atoms with E-state index in [0.717, 1.165) is 16.0 Å². The number of hydrogen-bond donors (Lipinski definition) is 2. The maximum absolute atomic E-state index is 13.0. The summed E-state index contributed by atoms with van der Waals surface area (Å²) in [5.41, 5.74) is 3.92. The number of carbonyl (C=O) groups excluding carboxylic acids is 1. The molecule has 0 aliphatic rings. The minimum absolute atomic E-state index is 0.0761. The summed E-state index contributed by atoms with van der Waals surface area (Å²) in [5, 5.41) is 2.83. The van der Waals surface area contributed by atoms with E-state index in [2.05, 4.69) is 10.0 Å². The molecule has 5 nitrogen and oxygen atoms in total. The van der Waals surface area contributed by atoms with Crippen molar-refractivity contribution in [3.8, 4) is 0 Å². The Balaban J connectivity index is 1.89. The normalized spacial score (nSPS) is 11.2. The number of carbonyl (C=O) groups is 1. The number of thioether (sulfide) groups is 1. The number of rotatable bonds is 6. The van der Waals surface area contributed by atoms with Gasteiger partial charge in [0.15, 0.2) is 0 Å². The largest absolute Gasteiger partial charge is 0.322 e. The molecule has 0 radical (unpaired) electrons. The molecule has 3 aromatic carbocycles. The first-order chi connectivity index (χ1) is 14.2. The van der Waals surface area contributed by atoms with E-state index < -0.39 is 10.0 Å². The van der Waals surface area contributed by atoms with E-state index in [1.807, 2.05) is 44.4 Å². The first kappa shape index (κ1) is 21.9. The van der Waals surface area contributed by atoms with Crippen LogP contribution in [0, 0.1) is 20.8 Å². The van der Waals surface area contributed by atoms with Crippen molar-refractivity contribution in [2.45, 2.75) is 30.6 Å². The smallest absolute Gasteiger partial charge is 0.262 e. The van der Waals surface area contributed by atoms with E-state index >= 15 is 0 Å². The van der Waals surface area contributed by atoms with Crippen molar-refractivity contribution >= 4 is 39.1 Å². The van der Waals surface area contributed by atoms with E-state index in [-0.39, 0.29) is 16.4 Å². The van der Waals surface area contributed by atoms with E-state index in [0.29, 0.717) is 16.9 Å². The fourth-order valence-corrected chi connectivity index (χ4v) is 4.95. The second-order valence-corrected chi connectivity index (χ2v) is 9.68. The molecule has 0 bridgehead atoms. The molecule has 1 amide bonds. The van der Waals surface area contributed by atoms with Crippen LogP contribution >= 0.6 is 11.8 Å². The molecule has 3 aromatic rings. The van der Waals surface area contributed by atoms with Crippen LogP contribution in [0.4, 0.5) is 11.4 Å². The number of benzene rings is 3. The summed E-state index contributed by atoms with van der Waals surface area (Å²) in [5.74, 6) is -0.365. The first-order valence-electron chi connectivity index (χ1n) is 9.35. The van der Waals surface area contributed by atoms with Crippen molar-refractivity contribution in [1.82, 2.24) is 0 Å². The molecule has 7 heteroatoms. The van der Waals surface area contributed by atoms with Crippen LogP contribution in [0.5, 0.6) is 0 Å². The first-order valence-corrected chi connectivity index (χ1v) is 12.1.